The molecule has 3 heteroatoms. The fraction of sp³-hybridized carbons (Fsp3) is 0.571. The molecule has 2 unspecified atom stereocenters. The molecule has 0 aliphatic carbocycles. The van der Waals surface area contributed by atoms with Crippen molar-refractivity contribution in [3.63, 3.8) is 0 Å². The molecule has 2 nitrogen and oxygen atoms in total. The number of nitrogens with zero attached hydrogens (tertiary/aromatic N) is 1. The molecule has 1 aromatic carbocycles. The Kier molecular flexibility index (Phi) is 3.95. The standard InChI is InChI=1S/C14H21ClN2/c1-10-6-7-17(8-11(10)2)9-12-13(15)4-3-5-14(12)16/h3-5,10-11H,6-9,16H2,1-2H3. The Morgan fingerprint density at radius 2 is 2.12 bits per heavy atom. The molecule has 0 bridgehead atoms. The number of hydrogen-bond acceptors (Lipinski definition) is 2. The van der Waals surface area contributed by atoms with Gasteiger partial charge in [-0.3, -0.25) is 4.90 Å². The second-order valence-electron chi connectivity index (χ2n) is 5.29. The second kappa shape index (κ2) is 5.28. The first-order chi connectivity index (χ1) is 8.08. The molecule has 1 fully saturated rings. The molecule has 2 N–H and O–H groups in total. The largest absolute Gasteiger partial charge is 0.398 e. The number of nitrogen functional groups attached to an aromatic ring is 1. The van der Waals surface area contributed by atoms with Gasteiger partial charge in [0.15, 0.2) is 0 Å². The van der Waals surface area contributed by atoms with Crippen molar-refractivity contribution in [2.24, 2.45) is 11.8 Å². The summed E-state index contributed by atoms with van der Waals surface area (Å²) in [7, 11) is 0. The van der Waals surface area contributed by atoms with Gasteiger partial charge in [-0.15, -0.1) is 0 Å². The number of benzene rings is 1. The molecule has 1 saturated heterocycles. The van der Waals surface area contributed by atoms with Crippen molar-refractivity contribution in [3.8, 4) is 0 Å². The molecule has 0 spiro atoms. The first-order valence-electron chi connectivity index (χ1n) is 6.33. The van der Waals surface area contributed by atoms with Crippen LogP contribution in [0.5, 0.6) is 0 Å². The number of rotatable bonds is 2. The van der Waals surface area contributed by atoms with E-state index in [1.165, 1.54) is 6.42 Å². The molecule has 17 heavy (non-hydrogen) atoms. The maximum atomic E-state index is 6.21. The lowest BCUT2D eigenvalue weighted by atomic mass is 9.88. The molecule has 1 heterocycles. The average molecular weight is 253 g/mol. The van der Waals surface area contributed by atoms with Gasteiger partial charge in [0, 0.05) is 29.4 Å². The summed E-state index contributed by atoms with van der Waals surface area (Å²) in [6, 6.07) is 5.75. The lowest BCUT2D eigenvalue weighted by Gasteiger charge is -2.35. The topological polar surface area (TPSA) is 29.3 Å². The second-order valence-corrected chi connectivity index (χ2v) is 5.69. The Balaban J connectivity index is 2.06. The van der Waals surface area contributed by atoms with E-state index in [0.717, 1.165) is 47.7 Å². The molecule has 1 aromatic rings. The molecule has 2 atom stereocenters. The van der Waals surface area contributed by atoms with Gasteiger partial charge >= 0.3 is 0 Å². The molecule has 0 aromatic heterocycles. The summed E-state index contributed by atoms with van der Waals surface area (Å²) in [5.41, 5.74) is 7.88. The fourth-order valence-corrected chi connectivity index (χ4v) is 2.70. The monoisotopic (exact) mass is 252 g/mol. The van der Waals surface area contributed by atoms with Gasteiger partial charge in [0.25, 0.3) is 0 Å². The SMILES string of the molecule is CC1CCN(Cc2c(N)cccc2Cl)CC1C. The van der Waals surface area contributed by atoms with E-state index < -0.39 is 0 Å². The Morgan fingerprint density at radius 3 is 2.76 bits per heavy atom. The molecular formula is C14H21ClN2. The number of halogens is 1. The van der Waals surface area contributed by atoms with Gasteiger partial charge in [0.05, 0.1) is 0 Å². The van der Waals surface area contributed by atoms with Crippen molar-refractivity contribution in [2.45, 2.75) is 26.8 Å². The predicted octanol–water partition coefficient (Wildman–Crippen LogP) is 3.40. The predicted molar refractivity (Wildman–Crippen MR) is 74.1 cm³/mol. The van der Waals surface area contributed by atoms with Crippen LogP contribution in [-0.2, 0) is 6.54 Å². The summed E-state index contributed by atoms with van der Waals surface area (Å²) < 4.78 is 0. The van der Waals surface area contributed by atoms with Gasteiger partial charge in [-0.05, 0) is 36.9 Å². The van der Waals surface area contributed by atoms with Crippen LogP contribution < -0.4 is 5.73 Å². The van der Waals surface area contributed by atoms with Crippen LogP contribution in [0.25, 0.3) is 0 Å². The molecule has 1 aliphatic rings. The molecule has 94 valence electrons. The highest BCUT2D eigenvalue weighted by molar-refractivity contribution is 6.31. The minimum atomic E-state index is 0.757. The normalized spacial score (nSPS) is 26.1. The molecular weight excluding hydrogens is 232 g/mol. The summed E-state index contributed by atoms with van der Waals surface area (Å²) in [5.74, 6) is 1.59. The molecule has 2 rings (SSSR count). The van der Waals surface area contributed by atoms with Crippen LogP contribution in [0.2, 0.25) is 5.02 Å². The zero-order valence-corrected chi connectivity index (χ0v) is 11.4. The van der Waals surface area contributed by atoms with Crippen LogP contribution in [-0.4, -0.2) is 18.0 Å². The van der Waals surface area contributed by atoms with E-state index >= 15 is 0 Å². The minimum Gasteiger partial charge on any atom is -0.398 e. The number of piperidine rings is 1. The molecule has 0 saturated carbocycles. The third-order valence-corrected chi connectivity index (χ3v) is 4.31. The Bertz CT molecular complexity index is 372. The van der Waals surface area contributed by atoms with Gasteiger partial charge in [-0.1, -0.05) is 31.5 Å². The van der Waals surface area contributed by atoms with Crippen LogP contribution in [0.15, 0.2) is 18.2 Å². The number of nitrogens with two attached hydrogens (primary N) is 1. The van der Waals surface area contributed by atoms with E-state index in [4.69, 9.17) is 17.3 Å². The van der Waals surface area contributed by atoms with E-state index in [2.05, 4.69) is 18.7 Å². The summed E-state index contributed by atoms with van der Waals surface area (Å²) in [6.07, 6.45) is 1.27. The highest BCUT2D eigenvalue weighted by Gasteiger charge is 2.23. The van der Waals surface area contributed by atoms with Crippen LogP contribution in [0, 0.1) is 11.8 Å². The van der Waals surface area contributed by atoms with Crippen molar-refractivity contribution in [1.82, 2.24) is 4.90 Å². The third-order valence-electron chi connectivity index (χ3n) is 3.96. The zero-order valence-electron chi connectivity index (χ0n) is 10.6. The minimum absolute atomic E-state index is 0.757. The van der Waals surface area contributed by atoms with Crippen molar-refractivity contribution in [2.75, 3.05) is 18.8 Å². The Labute approximate surface area is 109 Å². The van der Waals surface area contributed by atoms with E-state index in [1.54, 1.807) is 0 Å². The Hall–Kier alpha value is -0.730. The molecule has 0 radical (unpaired) electrons. The van der Waals surface area contributed by atoms with E-state index in [1.807, 2.05) is 18.2 Å². The number of likely N-dealkylation sites (tertiary alicyclic amines) is 1. The molecule has 0 amide bonds. The van der Waals surface area contributed by atoms with Crippen LogP contribution in [0.1, 0.15) is 25.8 Å². The van der Waals surface area contributed by atoms with Crippen LogP contribution in [0.3, 0.4) is 0 Å². The fourth-order valence-electron chi connectivity index (χ4n) is 2.46. The summed E-state index contributed by atoms with van der Waals surface area (Å²) in [5, 5.41) is 0.788. The quantitative estimate of drug-likeness (QED) is 0.818. The van der Waals surface area contributed by atoms with E-state index in [0.29, 0.717) is 0 Å². The van der Waals surface area contributed by atoms with Crippen molar-refractivity contribution >= 4 is 17.3 Å². The lowest BCUT2D eigenvalue weighted by molar-refractivity contribution is 0.132. The summed E-state index contributed by atoms with van der Waals surface area (Å²) in [6.45, 7) is 7.84. The highest BCUT2D eigenvalue weighted by atomic mass is 35.5. The van der Waals surface area contributed by atoms with Crippen LogP contribution >= 0.6 is 11.6 Å². The molecule has 1 aliphatic heterocycles. The summed E-state index contributed by atoms with van der Waals surface area (Å²) in [4.78, 5) is 2.46. The average Bonchev–Trinajstić information content (AvgIpc) is 2.28. The van der Waals surface area contributed by atoms with Gasteiger partial charge in [0.2, 0.25) is 0 Å². The highest BCUT2D eigenvalue weighted by Crippen LogP contribution is 2.28. The van der Waals surface area contributed by atoms with E-state index in [9.17, 15) is 0 Å². The van der Waals surface area contributed by atoms with Crippen molar-refractivity contribution in [3.05, 3.63) is 28.8 Å². The third kappa shape index (κ3) is 2.93. The Morgan fingerprint density at radius 1 is 1.35 bits per heavy atom. The first-order valence-corrected chi connectivity index (χ1v) is 6.71. The van der Waals surface area contributed by atoms with Crippen molar-refractivity contribution < 1.29 is 0 Å². The summed E-state index contributed by atoms with van der Waals surface area (Å²) >= 11 is 6.21. The van der Waals surface area contributed by atoms with Crippen molar-refractivity contribution in [1.29, 1.82) is 0 Å². The number of hydrogen-bond donors (Lipinski definition) is 1. The maximum Gasteiger partial charge on any atom is 0.0471 e. The van der Waals surface area contributed by atoms with Gasteiger partial charge in [-0.2, -0.15) is 0 Å². The van der Waals surface area contributed by atoms with Gasteiger partial charge in [0.1, 0.15) is 0 Å². The first kappa shape index (κ1) is 12.7. The van der Waals surface area contributed by atoms with Gasteiger partial charge < -0.3 is 5.73 Å². The van der Waals surface area contributed by atoms with Gasteiger partial charge in [-0.25, -0.2) is 0 Å². The number of anilines is 1. The lowest BCUT2D eigenvalue weighted by Crippen LogP contribution is -2.38. The maximum absolute atomic E-state index is 6.21. The van der Waals surface area contributed by atoms with Crippen LogP contribution in [0.4, 0.5) is 5.69 Å². The van der Waals surface area contributed by atoms with E-state index in [-0.39, 0.29) is 0 Å². The zero-order chi connectivity index (χ0) is 12.4. The smallest absolute Gasteiger partial charge is 0.0471 e.